The number of piperidine rings is 1. The number of aromatic nitrogens is 3. The van der Waals surface area contributed by atoms with Crippen molar-refractivity contribution in [2.75, 3.05) is 18.8 Å². The third-order valence-electron chi connectivity index (χ3n) is 5.22. The van der Waals surface area contributed by atoms with Gasteiger partial charge in [0.2, 0.25) is 11.0 Å². The normalized spacial score (nSPS) is 19.4. The molecule has 1 saturated heterocycles. The fourth-order valence-corrected chi connectivity index (χ4v) is 4.25. The van der Waals surface area contributed by atoms with Crippen molar-refractivity contribution in [3.63, 3.8) is 0 Å². The molecule has 1 aromatic carbocycles. The first-order valence-electron chi connectivity index (χ1n) is 9.31. The van der Waals surface area contributed by atoms with Crippen LogP contribution in [0.5, 0.6) is 0 Å². The van der Waals surface area contributed by atoms with Gasteiger partial charge in [0.1, 0.15) is 5.01 Å². The van der Waals surface area contributed by atoms with Crippen LogP contribution in [0.15, 0.2) is 30.5 Å². The van der Waals surface area contributed by atoms with Gasteiger partial charge in [0.15, 0.2) is 0 Å². The summed E-state index contributed by atoms with van der Waals surface area (Å²) in [7, 11) is 1.90. The molecule has 0 spiro atoms. The number of likely N-dealkylation sites (tertiary alicyclic amines) is 1. The average Bonchev–Trinajstić information content (AvgIpc) is 3.29. The Bertz CT molecular complexity index is 1060. The number of anilines is 1. The summed E-state index contributed by atoms with van der Waals surface area (Å²) in [6.07, 6.45) is 1.36. The molecule has 10 heteroatoms. The van der Waals surface area contributed by atoms with Crippen LogP contribution in [0.25, 0.3) is 10.9 Å². The van der Waals surface area contributed by atoms with Crippen molar-refractivity contribution >= 4 is 39.2 Å². The largest absolute Gasteiger partial charge is 0.392 e. The van der Waals surface area contributed by atoms with Crippen LogP contribution in [0.2, 0.25) is 0 Å². The van der Waals surface area contributed by atoms with Crippen LogP contribution in [-0.4, -0.2) is 55.8 Å². The van der Waals surface area contributed by atoms with E-state index in [-0.39, 0.29) is 24.9 Å². The summed E-state index contributed by atoms with van der Waals surface area (Å²) in [6, 6.07) is 7.71. The minimum absolute atomic E-state index is 0.136. The molecule has 152 valence electrons. The number of aliphatic hydroxyl groups is 1. The lowest BCUT2D eigenvalue weighted by Crippen LogP contribution is -2.51. The predicted octanol–water partition coefficient (Wildman–Crippen LogP) is 0.751. The number of carbonyl (C=O) groups is 2. The monoisotopic (exact) mass is 414 g/mol. The van der Waals surface area contributed by atoms with Gasteiger partial charge in [-0.1, -0.05) is 29.5 Å². The van der Waals surface area contributed by atoms with Crippen molar-refractivity contribution in [3.05, 3.63) is 41.0 Å². The van der Waals surface area contributed by atoms with Gasteiger partial charge in [-0.3, -0.25) is 9.59 Å². The third kappa shape index (κ3) is 3.81. The average molecular weight is 414 g/mol. The number of amides is 2. The number of aryl methyl sites for hydroxylation is 1. The molecule has 3 heterocycles. The molecule has 0 unspecified atom stereocenters. The van der Waals surface area contributed by atoms with E-state index in [9.17, 15) is 14.7 Å². The number of aliphatic hydroxyl groups excluding tert-OH is 1. The van der Waals surface area contributed by atoms with Crippen molar-refractivity contribution in [1.29, 1.82) is 0 Å². The lowest BCUT2D eigenvalue weighted by atomic mass is 9.93. The number of fused-ring (bicyclic) bond motifs is 1. The highest BCUT2D eigenvalue weighted by atomic mass is 32.1. The smallest absolute Gasteiger partial charge is 0.256 e. The summed E-state index contributed by atoms with van der Waals surface area (Å²) in [5.41, 5.74) is 7.11. The zero-order valence-corrected chi connectivity index (χ0v) is 16.7. The summed E-state index contributed by atoms with van der Waals surface area (Å²) in [6.45, 7) is 0.751. The zero-order valence-electron chi connectivity index (χ0n) is 15.9. The minimum Gasteiger partial charge on any atom is -0.392 e. The summed E-state index contributed by atoms with van der Waals surface area (Å²) >= 11 is 1.19. The Morgan fingerprint density at radius 1 is 1.34 bits per heavy atom. The third-order valence-corrected chi connectivity index (χ3v) is 5.98. The van der Waals surface area contributed by atoms with E-state index < -0.39 is 12.0 Å². The van der Waals surface area contributed by atoms with Crippen LogP contribution >= 0.6 is 11.3 Å². The number of hydrogen-bond donors (Lipinski definition) is 3. The van der Waals surface area contributed by atoms with E-state index >= 15 is 0 Å². The highest BCUT2D eigenvalue weighted by Crippen LogP contribution is 2.25. The minimum atomic E-state index is -0.800. The standard InChI is InChI=1S/C19H22N6O3S/c1-24-9-12(11-4-2-3-5-14(11)24)18(28)25-7-6-15(26)13(10-25)17(27)21-8-16-22-23-19(20)29-16/h2-5,9,13,15,26H,6-8,10H2,1H3,(H2,20,23)(H,21,27)/t13-,15+/m0/s1. The van der Waals surface area contributed by atoms with E-state index in [1.807, 2.05) is 42.1 Å². The predicted molar refractivity (Wildman–Crippen MR) is 109 cm³/mol. The molecule has 1 fully saturated rings. The molecule has 3 aromatic rings. The Morgan fingerprint density at radius 3 is 2.90 bits per heavy atom. The van der Waals surface area contributed by atoms with Crippen molar-refractivity contribution < 1.29 is 14.7 Å². The quantitative estimate of drug-likeness (QED) is 0.578. The number of nitrogens with two attached hydrogens (primary N) is 1. The highest BCUT2D eigenvalue weighted by molar-refractivity contribution is 7.15. The molecule has 0 saturated carbocycles. The topological polar surface area (TPSA) is 126 Å². The van der Waals surface area contributed by atoms with E-state index in [0.29, 0.717) is 28.7 Å². The van der Waals surface area contributed by atoms with E-state index in [1.54, 1.807) is 4.90 Å². The molecule has 2 atom stereocenters. The molecule has 0 bridgehead atoms. The summed E-state index contributed by atoms with van der Waals surface area (Å²) in [5, 5.41) is 22.5. The van der Waals surface area contributed by atoms with Crippen LogP contribution < -0.4 is 11.1 Å². The van der Waals surface area contributed by atoms with E-state index in [1.165, 1.54) is 11.3 Å². The fourth-order valence-electron chi connectivity index (χ4n) is 3.70. The molecule has 2 aromatic heterocycles. The van der Waals surface area contributed by atoms with Gasteiger partial charge in [-0.2, -0.15) is 0 Å². The van der Waals surface area contributed by atoms with E-state index in [2.05, 4.69) is 15.5 Å². The molecule has 0 aliphatic carbocycles. The molecule has 29 heavy (non-hydrogen) atoms. The van der Waals surface area contributed by atoms with Crippen molar-refractivity contribution in [3.8, 4) is 0 Å². The van der Waals surface area contributed by atoms with Gasteiger partial charge in [0.25, 0.3) is 5.91 Å². The number of para-hydroxylation sites is 1. The Hall–Kier alpha value is -2.98. The van der Waals surface area contributed by atoms with Crippen LogP contribution in [-0.2, 0) is 18.4 Å². The number of carbonyl (C=O) groups excluding carboxylic acids is 2. The highest BCUT2D eigenvalue weighted by Gasteiger charge is 2.36. The first-order chi connectivity index (χ1) is 13.9. The lowest BCUT2D eigenvalue weighted by molar-refractivity contribution is -0.131. The number of nitrogens with one attached hydrogen (secondary N) is 1. The Kier molecular flexibility index (Phi) is 5.20. The van der Waals surface area contributed by atoms with Crippen LogP contribution in [0.3, 0.4) is 0 Å². The molecule has 1 aliphatic heterocycles. The Labute approximate surface area is 171 Å². The molecular weight excluding hydrogens is 392 g/mol. The molecule has 4 N–H and O–H groups in total. The summed E-state index contributed by atoms with van der Waals surface area (Å²) in [4.78, 5) is 27.4. The number of rotatable bonds is 4. The molecule has 9 nitrogen and oxygen atoms in total. The first-order valence-corrected chi connectivity index (χ1v) is 10.1. The van der Waals surface area contributed by atoms with Gasteiger partial charge in [-0.05, 0) is 12.5 Å². The van der Waals surface area contributed by atoms with Crippen LogP contribution in [0, 0.1) is 5.92 Å². The van der Waals surface area contributed by atoms with Gasteiger partial charge in [0, 0.05) is 37.2 Å². The maximum absolute atomic E-state index is 13.2. The van der Waals surface area contributed by atoms with Crippen LogP contribution in [0.1, 0.15) is 21.8 Å². The molecule has 2 amide bonds. The van der Waals surface area contributed by atoms with Gasteiger partial charge in [-0.25, -0.2) is 0 Å². The van der Waals surface area contributed by atoms with Crippen molar-refractivity contribution in [2.45, 2.75) is 19.1 Å². The molecule has 0 radical (unpaired) electrons. The lowest BCUT2D eigenvalue weighted by Gasteiger charge is -2.35. The second kappa shape index (κ2) is 7.80. The van der Waals surface area contributed by atoms with Gasteiger partial charge >= 0.3 is 0 Å². The number of nitrogen functional groups attached to an aromatic ring is 1. The second-order valence-corrected chi connectivity index (χ2v) is 8.23. The first kappa shape index (κ1) is 19.3. The van der Waals surface area contributed by atoms with Crippen molar-refractivity contribution in [2.24, 2.45) is 13.0 Å². The van der Waals surface area contributed by atoms with E-state index in [0.717, 1.165) is 10.9 Å². The zero-order chi connectivity index (χ0) is 20.5. The maximum Gasteiger partial charge on any atom is 0.256 e. The number of benzene rings is 1. The summed E-state index contributed by atoms with van der Waals surface area (Å²) < 4.78 is 1.92. The fraction of sp³-hybridized carbons (Fsp3) is 0.368. The molecular formula is C19H22N6O3S. The van der Waals surface area contributed by atoms with Gasteiger partial charge < -0.3 is 25.6 Å². The second-order valence-electron chi connectivity index (χ2n) is 7.14. The number of nitrogens with zero attached hydrogens (tertiary/aromatic N) is 4. The van der Waals surface area contributed by atoms with E-state index in [4.69, 9.17) is 5.73 Å². The Morgan fingerprint density at radius 2 is 2.14 bits per heavy atom. The van der Waals surface area contributed by atoms with Crippen LogP contribution in [0.4, 0.5) is 5.13 Å². The number of hydrogen-bond acceptors (Lipinski definition) is 7. The van der Waals surface area contributed by atoms with Gasteiger partial charge in [-0.15, -0.1) is 10.2 Å². The molecule has 1 aliphatic rings. The molecule has 4 rings (SSSR count). The SMILES string of the molecule is Cn1cc(C(=O)N2CC[C@@H](O)[C@@H](C(=O)NCc3nnc(N)s3)C2)c2ccccc21. The summed E-state index contributed by atoms with van der Waals surface area (Å²) in [5.74, 6) is -1.15. The Balaban J connectivity index is 1.47. The maximum atomic E-state index is 13.2. The van der Waals surface area contributed by atoms with Crippen molar-refractivity contribution in [1.82, 2.24) is 25.0 Å². The van der Waals surface area contributed by atoms with Gasteiger partial charge in [0.05, 0.1) is 24.1 Å².